The molecule has 0 aromatic carbocycles. The Hall–Kier alpha value is -1.20. The Labute approximate surface area is 106 Å². The van der Waals surface area contributed by atoms with Crippen LogP contribution in [0.25, 0.3) is 0 Å². The van der Waals surface area contributed by atoms with E-state index >= 15 is 0 Å². The van der Waals surface area contributed by atoms with Gasteiger partial charge in [0.25, 0.3) is 0 Å². The summed E-state index contributed by atoms with van der Waals surface area (Å²) < 4.78 is 2.15. The molecule has 0 aliphatic heterocycles. The van der Waals surface area contributed by atoms with E-state index in [0.717, 1.165) is 19.6 Å². The average Bonchev–Trinajstić information content (AvgIpc) is 2.99. The van der Waals surface area contributed by atoms with Crippen LogP contribution in [0.4, 0.5) is 0 Å². The van der Waals surface area contributed by atoms with Crippen LogP contribution in [-0.4, -0.2) is 21.1 Å². The van der Waals surface area contributed by atoms with E-state index in [0.29, 0.717) is 5.92 Å². The Kier molecular flexibility index (Phi) is 4.28. The van der Waals surface area contributed by atoms with Crippen LogP contribution in [0.5, 0.6) is 0 Å². The van der Waals surface area contributed by atoms with E-state index in [1.807, 2.05) is 24.1 Å². The number of hydrogen-bond donors (Lipinski definition) is 1. The minimum Gasteiger partial charge on any atom is -0.334 e. The SMILES string of the molecule is CCn1cncc1CNCC(C)c1nccs1. The van der Waals surface area contributed by atoms with Gasteiger partial charge in [0.2, 0.25) is 0 Å². The van der Waals surface area contributed by atoms with Gasteiger partial charge < -0.3 is 9.88 Å². The van der Waals surface area contributed by atoms with E-state index in [1.165, 1.54) is 10.7 Å². The molecular weight excluding hydrogens is 232 g/mol. The third kappa shape index (κ3) is 3.14. The number of nitrogens with one attached hydrogen (secondary N) is 1. The molecule has 92 valence electrons. The Morgan fingerprint density at radius 2 is 2.41 bits per heavy atom. The first-order chi connectivity index (χ1) is 8.31. The number of thiazole rings is 1. The molecule has 1 N–H and O–H groups in total. The smallest absolute Gasteiger partial charge is 0.0965 e. The zero-order valence-corrected chi connectivity index (χ0v) is 11.1. The van der Waals surface area contributed by atoms with E-state index in [1.54, 1.807) is 11.3 Å². The molecule has 2 aromatic rings. The van der Waals surface area contributed by atoms with Crippen molar-refractivity contribution in [3.05, 3.63) is 34.8 Å². The lowest BCUT2D eigenvalue weighted by atomic mass is 10.2. The molecule has 0 fully saturated rings. The number of aryl methyl sites for hydroxylation is 1. The Bertz CT molecular complexity index is 435. The van der Waals surface area contributed by atoms with Crippen molar-refractivity contribution in [1.82, 2.24) is 19.9 Å². The van der Waals surface area contributed by atoms with E-state index in [9.17, 15) is 0 Å². The lowest BCUT2D eigenvalue weighted by molar-refractivity contribution is 0.584. The summed E-state index contributed by atoms with van der Waals surface area (Å²) in [4.78, 5) is 8.48. The van der Waals surface area contributed by atoms with Crippen LogP contribution in [0.3, 0.4) is 0 Å². The van der Waals surface area contributed by atoms with Gasteiger partial charge in [-0.15, -0.1) is 11.3 Å². The third-order valence-electron chi connectivity index (χ3n) is 2.77. The van der Waals surface area contributed by atoms with Crippen LogP contribution in [0, 0.1) is 0 Å². The van der Waals surface area contributed by atoms with Crippen molar-refractivity contribution in [2.24, 2.45) is 0 Å². The second-order valence-electron chi connectivity index (χ2n) is 4.07. The molecule has 2 heterocycles. The predicted octanol–water partition coefficient (Wildman–Crippen LogP) is 2.25. The Balaban J connectivity index is 1.80. The zero-order chi connectivity index (χ0) is 12.1. The highest BCUT2D eigenvalue weighted by atomic mass is 32.1. The molecule has 0 saturated carbocycles. The van der Waals surface area contributed by atoms with Crippen molar-refractivity contribution in [3.63, 3.8) is 0 Å². The third-order valence-corrected chi connectivity index (χ3v) is 3.78. The van der Waals surface area contributed by atoms with Crippen LogP contribution in [0.15, 0.2) is 24.1 Å². The molecule has 1 atom stereocenters. The lowest BCUT2D eigenvalue weighted by Crippen LogP contribution is -2.21. The molecule has 0 saturated heterocycles. The minimum atomic E-state index is 0.466. The van der Waals surface area contributed by atoms with Crippen molar-refractivity contribution >= 4 is 11.3 Å². The van der Waals surface area contributed by atoms with E-state index in [-0.39, 0.29) is 0 Å². The van der Waals surface area contributed by atoms with Crippen molar-refractivity contribution in [2.45, 2.75) is 32.9 Å². The van der Waals surface area contributed by atoms with E-state index in [4.69, 9.17) is 0 Å². The molecule has 0 spiro atoms. The molecule has 0 radical (unpaired) electrons. The van der Waals surface area contributed by atoms with Crippen LogP contribution < -0.4 is 5.32 Å². The maximum absolute atomic E-state index is 4.33. The molecule has 0 aliphatic rings. The second-order valence-corrected chi connectivity index (χ2v) is 5.00. The molecule has 0 bridgehead atoms. The molecule has 4 nitrogen and oxygen atoms in total. The lowest BCUT2D eigenvalue weighted by Gasteiger charge is -2.10. The molecule has 0 amide bonds. The van der Waals surface area contributed by atoms with Crippen LogP contribution in [-0.2, 0) is 13.1 Å². The Morgan fingerprint density at radius 1 is 1.53 bits per heavy atom. The topological polar surface area (TPSA) is 42.7 Å². The molecule has 1 unspecified atom stereocenters. The summed E-state index contributed by atoms with van der Waals surface area (Å²) >= 11 is 1.72. The first kappa shape index (κ1) is 12.3. The highest BCUT2D eigenvalue weighted by molar-refractivity contribution is 7.09. The quantitative estimate of drug-likeness (QED) is 0.855. The molecule has 2 aromatic heterocycles. The summed E-state index contributed by atoms with van der Waals surface area (Å²) in [5, 5.41) is 6.68. The molecule has 2 rings (SSSR count). The first-order valence-corrected chi connectivity index (χ1v) is 6.78. The fourth-order valence-electron chi connectivity index (χ4n) is 1.76. The highest BCUT2D eigenvalue weighted by Crippen LogP contribution is 2.16. The average molecular weight is 250 g/mol. The molecule has 0 aliphatic carbocycles. The number of aromatic nitrogens is 3. The largest absolute Gasteiger partial charge is 0.334 e. The van der Waals surface area contributed by atoms with Crippen molar-refractivity contribution in [1.29, 1.82) is 0 Å². The van der Waals surface area contributed by atoms with Gasteiger partial charge in [0.1, 0.15) is 0 Å². The van der Waals surface area contributed by atoms with Crippen LogP contribution in [0.2, 0.25) is 0 Å². The summed E-state index contributed by atoms with van der Waals surface area (Å²) in [5.74, 6) is 0.466. The maximum atomic E-state index is 4.33. The highest BCUT2D eigenvalue weighted by Gasteiger charge is 2.08. The molecule has 17 heavy (non-hydrogen) atoms. The van der Waals surface area contributed by atoms with Gasteiger partial charge in [-0.1, -0.05) is 6.92 Å². The predicted molar refractivity (Wildman–Crippen MR) is 70.1 cm³/mol. The normalized spacial score (nSPS) is 12.8. The van der Waals surface area contributed by atoms with Gasteiger partial charge >= 0.3 is 0 Å². The standard InChI is InChI=1S/C12H18N4S/c1-3-16-9-14-8-11(16)7-13-6-10(2)12-15-4-5-17-12/h4-5,8-10,13H,3,6-7H2,1-2H3. The van der Waals surface area contributed by atoms with E-state index < -0.39 is 0 Å². The number of rotatable bonds is 6. The summed E-state index contributed by atoms with van der Waals surface area (Å²) in [6, 6.07) is 0. The van der Waals surface area contributed by atoms with Crippen molar-refractivity contribution in [2.75, 3.05) is 6.54 Å². The monoisotopic (exact) mass is 250 g/mol. The summed E-state index contributed by atoms with van der Waals surface area (Å²) in [6.07, 6.45) is 5.66. The van der Waals surface area contributed by atoms with Crippen molar-refractivity contribution in [3.8, 4) is 0 Å². The number of imidazole rings is 1. The van der Waals surface area contributed by atoms with Gasteiger partial charge in [0.15, 0.2) is 0 Å². The van der Waals surface area contributed by atoms with Gasteiger partial charge in [0.05, 0.1) is 17.0 Å². The maximum Gasteiger partial charge on any atom is 0.0965 e. The van der Waals surface area contributed by atoms with Gasteiger partial charge in [-0.3, -0.25) is 0 Å². The van der Waals surface area contributed by atoms with Crippen molar-refractivity contribution < 1.29 is 0 Å². The van der Waals surface area contributed by atoms with Gasteiger partial charge in [-0.25, -0.2) is 9.97 Å². The molecular formula is C12H18N4S. The van der Waals surface area contributed by atoms with Gasteiger partial charge in [-0.2, -0.15) is 0 Å². The van der Waals surface area contributed by atoms with E-state index in [2.05, 4.69) is 33.7 Å². The minimum absolute atomic E-state index is 0.466. The fraction of sp³-hybridized carbons (Fsp3) is 0.500. The van der Waals surface area contributed by atoms with Crippen LogP contribution in [0.1, 0.15) is 30.5 Å². The molecule has 5 heteroatoms. The summed E-state index contributed by atoms with van der Waals surface area (Å²) in [5.41, 5.74) is 1.24. The van der Waals surface area contributed by atoms with Gasteiger partial charge in [-0.05, 0) is 6.92 Å². The van der Waals surface area contributed by atoms with Gasteiger partial charge in [0, 0.05) is 43.3 Å². The summed E-state index contributed by atoms with van der Waals surface area (Å²) in [6.45, 7) is 7.11. The second kappa shape index (κ2) is 5.93. The fourth-order valence-corrected chi connectivity index (χ4v) is 2.46. The Morgan fingerprint density at radius 3 is 3.12 bits per heavy atom. The first-order valence-electron chi connectivity index (χ1n) is 5.90. The summed E-state index contributed by atoms with van der Waals surface area (Å²) in [7, 11) is 0. The number of hydrogen-bond acceptors (Lipinski definition) is 4. The zero-order valence-electron chi connectivity index (χ0n) is 10.3. The number of nitrogens with zero attached hydrogens (tertiary/aromatic N) is 3. The van der Waals surface area contributed by atoms with Crippen LogP contribution >= 0.6 is 11.3 Å².